The molecule has 1 aromatic rings. The molecule has 0 aromatic heterocycles. The van der Waals surface area contributed by atoms with Gasteiger partial charge in [0.15, 0.2) is 0 Å². The van der Waals surface area contributed by atoms with Crippen LogP contribution in [0, 0.1) is 5.41 Å². The second-order valence-corrected chi connectivity index (χ2v) is 5.05. The molecule has 7 heteroatoms. The molecule has 3 N–H and O–H groups in total. The minimum atomic E-state index is -4.27. The Kier molecular flexibility index (Phi) is 5.60. The highest BCUT2D eigenvalue weighted by molar-refractivity contribution is 5.95. The van der Waals surface area contributed by atoms with Crippen molar-refractivity contribution < 1.29 is 17.9 Å². The molecular formula is C14H20F3N3O. The summed E-state index contributed by atoms with van der Waals surface area (Å²) in [4.78, 5) is 1.29. The third kappa shape index (κ3) is 5.26. The fourth-order valence-electron chi connectivity index (χ4n) is 1.94. The average Bonchev–Trinajstić information content (AvgIpc) is 2.36. The highest BCUT2D eigenvalue weighted by atomic mass is 19.4. The predicted molar refractivity (Wildman–Crippen MR) is 75.6 cm³/mol. The van der Waals surface area contributed by atoms with Crippen LogP contribution in [0.25, 0.3) is 0 Å². The maximum absolute atomic E-state index is 12.6. The lowest BCUT2D eigenvalue weighted by atomic mass is 10.1. The van der Waals surface area contributed by atoms with Gasteiger partial charge in [-0.2, -0.15) is 13.2 Å². The van der Waals surface area contributed by atoms with Crippen molar-refractivity contribution in [3.8, 4) is 5.75 Å². The Hall–Kier alpha value is -1.76. The van der Waals surface area contributed by atoms with E-state index in [2.05, 4.69) is 0 Å². The van der Waals surface area contributed by atoms with E-state index < -0.39 is 12.7 Å². The summed E-state index contributed by atoms with van der Waals surface area (Å²) in [6.45, 7) is 2.47. The molecule has 1 rings (SSSR count). The van der Waals surface area contributed by atoms with Gasteiger partial charge in [0.05, 0.1) is 13.7 Å². The first-order valence-electron chi connectivity index (χ1n) is 6.46. The molecule has 0 spiro atoms. The Balaban J connectivity index is 3.06. The van der Waals surface area contributed by atoms with Crippen molar-refractivity contribution in [1.29, 1.82) is 5.41 Å². The lowest BCUT2D eigenvalue weighted by molar-refractivity contribution is -0.150. The SMILES string of the molecule is COc1ccc(C(=N)N)cc1CN(CC(F)(F)F)C(C)C. The van der Waals surface area contributed by atoms with E-state index in [0.29, 0.717) is 16.9 Å². The molecule has 0 saturated heterocycles. The molecule has 0 fully saturated rings. The van der Waals surface area contributed by atoms with E-state index in [1.807, 2.05) is 0 Å². The van der Waals surface area contributed by atoms with Gasteiger partial charge in [-0.15, -0.1) is 0 Å². The van der Waals surface area contributed by atoms with Gasteiger partial charge in [-0.1, -0.05) is 0 Å². The van der Waals surface area contributed by atoms with Crippen LogP contribution >= 0.6 is 0 Å². The third-order valence-corrected chi connectivity index (χ3v) is 3.08. The summed E-state index contributed by atoms with van der Waals surface area (Å²) >= 11 is 0. The number of ether oxygens (including phenoxy) is 1. The van der Waals surface area contributed by atoms with Crippen LogP contribution < -0.4 is 10.5 Å². The Bertz CT molecular complexity index is 501. The molecule has 1 aromatic carbocycles. The molecule has 0 aliphatic rings. The normalized spacial score (nSPS) is 12.0. The molecule has 118 valence electrons. The number of halogens is 3. The molecule has 21 heavy (non-hydrogen) atoms. The first-order valence-corrected chi connectivity index (χ1v) is 6.46. The minimum absolute atomic E-state index is 0.0709. The van der Waals surface area contributed by atoms with Crippen LogP contribution in [0.2, 0.25) is 0 Å². The average molecular weight is 303 g/mol. The second kappa shape index (κ2) is 6.80. The monoisotopic (exact) mass is 303 g/mol. The van der Waals surface area contributed by atoms with Crippen molar-refractivity contribution in [2.75, 3.05) is 13.7 Å². The first kappa shape index (κ1) is 17.3. The number of methoxy groups -OCH3 is 1. The maximum Gasteiger partial charge on any atom is 0.401 e. The fourth-order valence-corrected chi connectivity index (χ4v) is 1.94. The van der Waals surface area contributed by atoms with E-state index >= 15 is 0 Å². The Morgan fingerprint density at radius 2 is 2.00 bits per heavy atom. The highest BCUT2D eigenvalue weighted by Gasteiger charge is 2.32. The van der Waals surface area contributed by atoms with Crippen molar-refractivity contribution in [2.24, 2.45) is 5.73 Å². The van der Waals surface area contributed by atoms with Crippen molar-refractivity contribution in [1.82, 2.24) is 4.90 Å². The number of hydrogen-bond acceptors (Lipinski definition) is 3. The molecule has 0 amide bonds. The molecule has 0 atom stereocenters. The maximum atomic E-state index is 12.6. The summed E-state index contributed by atoms with van der Waals surface area (Å²) in [5.41, 5.74) is 6.45. The summed E-state index contributed by atoms with van der Waals surface area (Å²) < 4.78 is 43.1. The quantitative estimate of drug-likeness (QED) is 0.627. The molecule has 0 bridgehead atoms. The summed E-state index contributed by atoms with van der Waals surface area (Å²) in [5, 5.41) is 7.41. The zero-order valence-corrected chi connectivity index (χ0v) is 12.3. The van der Waals surface area contributed by atoms with Crippen LogP contribution in [0.3, 0.4) is 0 Å². The third-order valence-electron chi connectivity index (χ3n) is 3.08. The van der Waals surface area contributed by atoms with E-state index in [4.69, 9.17) is 15.9 Å². The van der Waals surface area contributed by atoms with Crippen LogP contribution in [0.5, 0.6) is 5.75 Å². The standard InChI is InChI=1S/C14H20F3N3O/c1-9(2)20(8-14(15,16)17)7-11-6-10(13(18)19)4-5-12(11)21-3/h4-6,9H,7-8H2,1-3H3,(H3,18,19). The number of nitrogens with one attached hydrogen (secondary N) is 1. The van der Waals surface area contributed by atoms with Gasteiger partial charge >= 0.3 is 6.18 Å². The van der Waals surface area contributed by atoms with Gasteiger partial charge in [-0.25, -0.2) is 0 Å². The molecular weight excluding hydrogens is 283 g/mol. The van der Waals surface area contributed by atoms with Crippen molar-refractivity contribution in [3.05, 3.63) is 29.3 Å². The van der Waals surface area contributed by atoms with Crippen LogP contribution in [0.1, 0.15) is 25.0 Å². The van der Waals surface area contributed by atoms with E-state index in [1.54, 1.807) is 32.0 Å². The molecule has 0 aliphatic heterocycles. The predicted octanol–water partition coefficient (Wildman–Crippen LogP) is 2.75. The van der Waals surface area contributed by atoms with E-state index in [9.17, 15) is 13.2 Å². The molecule has 0 radical (unpaired) electrons. The van der Waals surface area contributed by atoms with Crippen molar-refractivity contribution in [3.63, 3.8) is 0 Å². The number of hydrogen-bond donors (Lipinski definition) is 2. The first-order chi connectivity index (χ1) is 9.64. The smallest absolute Gasteiger partial charge is 0.401 e. The number of benzene rings is 1. The number of nitrogens with two attached hydrogens (primary N) is 1. The van der Waals surface area contributed by atoms with E-state index in [1.165, 1.54) is 12.0 Å². The summed E-state index contributed by atoms with van der Waals surface area (Å²) in [7, 11) is 1.45. The Labute approximate surface area is 122 Å². The number of nitrogen functional groups attached to an aromatic ring is 1. The zero-order valence-electron chi connectivity index (χ0n) is 12.3. The van der Waals surface area contributed by atoms with E-state index in [0.717, 1.165) is 0 Å². The number of amidine groups is 1. The lowest BCUT2D eigenvalue weighted by Crippen LogP contribution is -2.38. The highest BCUT2D eigenvalue weighted by Crippen LogP contribution is 2.25. The number of nitrogens with zero attached hydrogens (tertiary/aromatic N) is 1. The Morgan fingerprint density at radius 1 is 1.38 bits per heavy atom. The fraction of sp³-hybridized carbons (Fsp3) is 0.500. The molecule has 0 saturated carbocycles. The number of rotatable bonds is 6. The number of alkyl halides is 3. The molecule has 0 unspecified atom stereocenters. The lowest BCUT2D eigenvalue weighted by Gasteiger charge is -2.28. The van der Waals surface area contributed by atoms with Gasteiger partial charge in [0.1, 0.15) is 11.6 Å². The summed E-state index contributed by atoms with van der Waals surface area (Å²) in [5.74, 6) is 0.346. The van der Waals surface area contributed by atoms with Gasteiger partial charge in [-0.3, -0.25) is 10.3 Å². The van der Waals surface area contributed by atoms with Crippen LogP contribution in [0.4, 0.5) is 13.2 Å². The van der Waals surface area contributed by atoms with Gasteiger partial charge in [0, 0.05) is 23.7 Å². The van der Waals surface area contributed by atoms with Crippen molar-refractivity contribution >= 4 is 5.84 Å². The van der Waals surface area contributed by atoms with Gasteiger partial charge in [-0.05, 0) is 32.0 Å². The van der Waals surface area contributed by atoms with Crippen molar-refractivity contribution in [2.45, 2.75) is 32.6 Å². The summed E-state index contributed by atoms with van der Waals surface area (Å²) in [6.07, 6.45) is -4.27. The van der Waals surface area contributed by atoms with E-state index in [-0.39, 0.29) is 18.4 Å². The minimum Gasteiger partial charge on any atom is -0.496 e. The van der Waals surface area contributed by atoms with Crippen LogP contribution in [-0.2, 0) is 6.54 Å². The molecule has 0 heterocycles. The zero-order chi connectivity index (χ0) is 16.2. The Morgan fingerprint density at radius 3 is 2.43 bits per heavy atom. The second-order valence-electron chi connectivity index (χ2n) is 5.05. The van der Waals surface area contributed by atoms with Gasteiger partial charge < -0.3 is 10.5 Å². The summed E-state index contributed by atoms with van der Waals surface area (Å²) in [6, 6.07) is 4.52. The van der Waals surface area contributed by atoms with Crippen LogP contribution in [0.15, 0.2) is 18.2 Å². The van der Waals surface area contributed by atoms with Crippen LogP contribution in [-0.4, -0.2) is 36.6 Å². The van der Waals surface area contributed by atoms with Gasteiger partial charge in [0.2, 0.25) is 0 Å². The molecule has 4 nitrogen and oxygen atoms in total. The van der Waals surface area contributed by atoms with Gasteiger partial charge in [0.25, 0.3) is 0 Å². The largest absolute Gasteiger partial charge is 0.496 e. The molecule has 0 aliphatic carbocycles. The topological polar surface area (TPSA) is 62.3 Å².